The Labute approximate surface area is 97.5 Å². The molecule has 0 saturated carbocycles. The highest BCUT2D eigenvalue weighted by Gasteiger charge is 2.08. The van der Waals surface area contributed by atoms with Gasteiger partial charge in [-0.15, -0.1) is 10.2 Å². The lowest BCUT2D eigenvalue weighted by Gasteiger charge is -2.03. The van der Waals surface area contributed by atoms with Crippen LogP contribution in [0.3, 0.4) is 0 Å². The van der Waals surface area contributed by atoms with Gasteiger partial charge in [0, 0.05) is 13.2 Å². The summed E-state index contributed by atoms with van der Waals surface area (Å²) in [6, 6.07) is 8.65. The third-order valence-electron chi connectivity index (χ3n) is 2.22. The highest BCUT2D eigenvalue weighted by atomic mass is 16.1. The molecule has 1 N–H and O–H groups in total. The van der Waals surface area contributed by atoms with Gasteiger partial charge in [0.15, 0.2) is 11.5 Å². The van der Waals surface area contributed by atoms with Crippen molar-refractivity contribution >= 4 is 5.91 Å². The summed E-state index contributed by atoms with van der Waals surface area (Å²) in [6.07, 6.45) is 1.71. The number of hydrogen-bond donors (Lipinski definition) is 1. The first-order valence-corrected chi connectivity index (χ1v) is 4.90. The van der Waals surface area contributed by atoms with E-state index in [0.717, 1.165) is 0 Å². The Morgan fingerprint density at radius 3 is 2.82 bits per heavy atom. The molecule has 2 aromatic rings. The minimum atomic E-state index is -0.294. The van der Waals surface area contributed by atoms with E-state index in [1.807, 2.05) is 6.07 Å². The summed E-state index contributed by atoms with van der Waals surface area (Å²) in [5.74, 6) is 0.205. The Hall–Kier alpha value is -2.68. The molecule has 2 rings (SSSR count). The predicted octanol–water partition coefficient (Wildman–Crippen LogP) is 0.499. The first kappa shape index (κ1) is 10.8. The van der Waals surface area contributed by atoms with Gasteiger partial charge in [0.25, 0.3) is 5.91 Å². The number of nitrogens with zero attached hydrogens (tertiary/aromatic N) is 4. The van der Waals surface area contributed by atoms with Crippen LogP contribution in [0.15, 0.2) is 30.5 Å². The summed E-state index contributed by atoms with van der Waals surface area (Å²) in [5, 5.41) is 19.0. The predicted molar refractivity (Wildman–Crippen MR) is 59.5 cm³/mol. The Morgan fingerprint density at radius 1 is 1.41 bits per heavy atom. The molecule has 0 unspecified atom stereocenters. The zero-order valence-electron chi connectivity index (χ0n) is 9.08. The third-order valence-corrected chi connectivity index (χ3v) is 2.22. The quantitative estimate of drug-likeness (QED) is 0.809. The molecule has 0 saturated heterocycles. The summed E-state index contributed by atoms with van der Waals surface area (Å²) in [6.45, 7) is 0. The molecule has 0 atom stereocenters. The SMILES string of the molecule is CNC(=O)c1ccc(-n2cccc2C#N)nn1. The van der Waals surface area contributed by atoms with Crippen molar-refractivity contribution in [2.75, 3.05) is 7.05 Å². The molecule has 2 aromatic heterocycles. The molecule has 0 radical (unpaired) electrons. The second-order valence-electron chi connectivity index (χ2n) is 3.23. The number of nitriles is 1. The number of amides is 1. The third kappa shape index (κ3) is 1.99. The van der Waals surface area contributed by atoms with Crippen LogP contribution in [0.2, 0.25) is 0 Å². The zero-order chi connectivity index (χ0) is 12.3. The van der Waals surface area contributed by atoms with Crippen LogP contribution < -0.4 is 5.32 Å². The molecule has 84 valence electrons. The first-order valence-electron chi connectivity index (χ1n) is 4.90. The average Bonchev–Trinajstić information content (AvgIpc) is 2.86. The minimum Gasteiger partial charge on any atom is -0.354 e. The molecule has 6 heteroatoms. The fourth-order valence-corrected chi connectivity index (χ4v) is 1.37. The summed E-state index contributed by atoms with van der Waals surface area (Å²) >= 11 is 0. The van der Waals surface area contributed by atoms with Crippen molar-refractivity contribution in [3.63, 3.8) is 0 Å². The zero-order valence-corrected chi connectivity index (χ0v) is 9.08. The van der Waals surface area contributed by atoms with Crippen LogP contribution in [-0.4, -0.2) is 27.7 Å². The number of carbonyl (C=O) groups is 1. The van der Waals surface area contributed by atoms with Gasteiger partial charge >= 0.3 is 0 Å². The number of hydrogen-bond acceptors (Lipinski definition) is 4. The van der Waals surface area contributed by atoms with E-state index in [4.69, 9.17) is 5.26 Å². The van der Waals surface area contributed by atoms with Crippen molar-refractivity contribution in [3.05, 3.63) is 41.9 Å². The molecule has 6 nitrogen and oxygen atoms in total. The largest absolute Gasteiger partial charge is 0.354 e. The van der Waals surface area contributed by atoms with Crippen LogP contribution >= 0.6 is 0 Å². The second-order valence-corrected chi connectivity index (χ2v) is 3.23. The molecule has 0 fully saturated rings. The van der Waals surface area contributed by atoms with Crippen molar-refractivity contribution in [2.45, 2.75) is 0 Å². The van der Waals surface area contributed by atoms with E-state index >= 15 is 0 Å². The summed E-state index contributed by atoms with van der Waals surface area (Å²) in [7, 11) is 1.53. The van der Waals surface area contributed by atoms with E-state index in [-0.39, 0.29) is 11.6 Å². The highest BCUT2D eigenvalue weighted by molar-refractivity contribution is 5.91. The lowest BCUT2D eigenvalue weighted by atomic mass is 10.3. The average molecular weight is 227 g/mol. The summed E-state index contributed by atoms with van der Waals surface area (Å²) in [4.78, 5) is 11.3. The van der Waals surface area contributed by atoms with E-state index in [0.29, 0.717) is 11.5 Å². The number of nitrogens with one attached hydrogen (secondary N) is 1. The molecular weight excluding hydrogens is 218 g/mol. The van der Waals surface area contributed by atoms with E-state index in [2.05, 4.69) is 15.5 Å². The van der Waals surface area contributed by atoms with Gasteiger partial charge in [0.2, 0.25) is 0 Å². The molecule has 0 bridgehead atoms. The number of aromatic nitrogens is 3. The normalized spacial score (nSPS) is 9.65. The smallest absolute Gasteiger partial charge is 0.271 e. The van der Waals surface area contributed by atoms with Crippen molar-refractivity contribution in [1.82, 2.24) is 20.1 Å². The van der Waals surface area contributed by atoms with E-state index in [1.165, 1.54) is 7.05 Å². The fourth-order valence-electron chi connectivity index (χ4n) is 1.37. The monoisotopic (exact) mass is 227 g/mol. The lowest BCUT2D eigenvalue weighted by molar-refractivity contribution is 0.0957. The van der Waals surface area contributed by atoms with Gasteiger partial charge in [-0.25, -0.2) is 0 Å². The van der Waals surface area contributed by atoms with Gasteiger partial charge in [-0.05, 0) is 24.3 Å². The van der Waals surface area contributed by atoms with Gasteiger partial charge in [-0.1, -0.05) is 0 Å². The molecule has 0 aliphatic carbocycles. The minimum absolute atomic E-state index is 0.238. The van der Waals surface area contributed by atoms with Crippen molar-refractivity contribution in [2.24, 2.45) is 0 Å². The van der Waals surface area contributed by atoms with E-state index in [9.17, 15) is 4.79 Å². The Balaban J connectivity index is 2.37. The van der Waals surface area contributed by atoms with Crippen molar-refractivity contribution in [1.29, 1.82) is 5.26 Å². The summed E-state index contributed by atoms with van der Waals surface area (Å²) < 4.78 is 1.60. The van der Waals surface area contributed by atoms with Crippen LogP contribution in [0.5, 0.6) is 0 Å². The molecule has 17 heavy (non-hydrogen) atoms. The van der Waals surface area contributed by atoms with Gasteiger partial charge in [0.05, 0.1) is 0 Å². The molecule has 0 aliphatic heterocycles. The van der Waals surface area contributed by atoms with Gasteiger partial charge in [-0.2, -0.15) is 5.26 Å². The van der Waals surface area contributed by atoms with E-state index < -0.39 is 0 Å². The second kappa shape index (κ2) is 4.45. The molecule has 2 heterocycles. The molecule has 0 spiro atoms. The Bertz CT molecular complexity index is 579. The van der Waals surface area contributed by atoms with Crippen LogP contribution in [-0.2, 0) is 0 Å². The van der Waals surface area contributed by atoms with Crippen LogP contribution in [0.1, 0.15) is 16.2 Å². The Kier molecular flexibility index (Phi) is 2.83. The number of rotatable bonds is 2. The first-order chi connectivity index (χ1) is 8.26. The maximum Gasteiger partial charge on any atom is 0.271 e. The fraction of sp³-hybridized carbons (Fsp3) is 0.0909. The molecular formula is C11H9N5O. The van der Waals surface area contributed by atoms with Crippen molar-refractivity contribution in [3.8, 4) is 11.9 Å². The maximum atomic E-state index is 11.3. The lowest BCUT2D eigenvalue weighted by Crippen LogP contribution is -2.19. The molecule has 0 aromatic carbocycles. The number of carbonyl (C=O) groups excluding carboxylic acids is 1. The Morgan fingerprint density at radius 2 is 2.24 bits per heavy atom. The van der Waals surface area contributed by atoms with Gasteiger partial charge in [-0.3, -0.25) is 9.36 Å². The maximum absolute atomic E-state index is 11.3. The summed E-state index contributed by atoms with van der Waals surface area (Å²) in [5.41, 5.74) is 0.703. The standard InChI is InChI=1S/C11H9N5O/c1-13-11(17)9-4-5-10(15-14-9)16-6-2-3-8(16)7-12/h2-6H,1H3,(H,13,17). The molecule has 1 amide bonds. The highest BCUT2D eigenvalue weighted by Crippen LogP contribution is 2.08. The topological polar surface area (TPSA) is 83.6 Å². The van der Waals surface area contributed by atoms with Crippen molar-refractivity contribution < 1.29 is 4.79 Å². The van der Waals surface area contributed by atoms with Crippen LogP contribution in [0.25, 0.3) is 5.82 Å². The van der Waals surface area contributed by atoms with Crippen LogP contribution in [0, 0.1) is 11.3 Å². The van der Waals surface area contributed by atoms with E-state index in [1.54, 1.807) is 35.0 Å². The van der Waals surface area contributed by atoms with Crippen LogP contribution in [0.4, 0.5) is 0 Å². The molecule has 0 aliphatic rings. The van der Waals surface area contributed by atoms with Gasteiger partial charge < -0.3 is 5.32 Å². The van der Waals surface area contributed by atoms with Gasteiger partial charge in [0.1, 0.15) is 11.8 Å².